The topological polar surface area (TPSA) is 81.3 Å². The number of hydrogen-bond donors (Lipinski definition) is 2. The summed E-state index contributed by atoms with van der Waals surface area (Å²) < 4.78 is 5.49. The van der Waals surface area contributed by atoms with Gasteiger partial charge in [0.1, 0.15) is 5.75 Å². The maximum Gasteiger partial charge on any atom is 0.238 e. The molecule has 5 heteroatoms. The number of rotatable bonds is 4. The second-order valence-corrected chi connectivity index (χ2v) is 3.49. The molecule has 1 atom stereocenters. The zero-order valence-electron chi connectivity index (χ0n) is 9.15. The van der Waals surface area contributed by atoms with Gasteiger partial charge in [-0.2, -0.15) is 5.10 Å². The molecular weight excluding hydrogens is 218 g/mol. The average Bonchev–Trinajstić information content (AvgIpc) is 2.39. The Morgan fingerprint density at radius 2 is 2.18 bits per heavy atom. The Kier molecular flexibility index (Phi) is 3.64. The molecule has 0 saturated carbocycles. The summed E-state index contributed by atoms with van der Waals surface area (Å²) in [6, 6.07) is 10.5. The third kappa shape index (κ3) is 2.99. The van der Waals surface area contributed by atoms with Crippen LogP contribution in [-0.4, -0.2) is 21.8 Å². The van der Waals surface area contributed by atoms with Crippen molar-refractivity contribution in [1.29, 1.82) is 0 Å². The Morgan fingerprint density at radius 3 is 2.88 bits per heavy atom. The van der Waals surface area contributed by atoms with Gasteiger partial charge in [0.25, 0.3) is 0 Å². The minimum atomic E-state index is -0.680. The summed E-state index contributed by atoms with van der Waals surface area (Å²) in [5.74, 6) is 1.00. The van der Waals surface area contributed by atoms with E-state index in [1.807, 2.05) is 0 Å². The number of aliphatic hydroxyl groups excluding tert-OH is 1. The van der Waals surface area contributed by atoms with Crippen LogP contribution in [0.4, 0.5) is 0 Å². The van der Waals surface area contributed by atoms with Crippen molar-refractivity contribution in [3.05, 3.63) is 48.2 Å². The number of ether oxygens (including phenoxy) is 1. The third-order valence-corrected chi connectivity index (χ3v) is 2.24. The molecule has 1 heterocycles. The summed E-state index contributed by atoms with van der Waals surface area (Å²) in [6.45, 7) is 0.175. The Bertz CT molecular complexity index is 476. The SMILES string of the molecule is NCC(O)c1cccc(Oc2cccnn2)c1. The van der Waals surface area contributed by atoms with Crippen LogP contribution in [-0.2, 0) is 0 Å². The molecule has 0 radical (unpaired) electrons. The van der Waals surface area contributed by atoms with Crippen molar-refractivity contribution < 1.29 is 9.84 Å². The first kappa shape index (κ1) is 11.5. The Balaban J connectivity index is 2.17. The molecule has 1 aromatic carbocycles. The molecule has 0 aliphatic rings. The summed E-state index contributed by atoms with van der Waals surface area (Å²) in [4.78, 5) is 0. The van der Waals surface area contributed by atoms with E-state index < -0.39 is 6.10 Å². The lowest BCUT2D eigenvalue weighted by molar-refractivity contribution is 0.186. The number of nitrogens with two attached hydrogens (primary N) is 1. The first-order valence-corrected chi connectivity index (χ1v) is 5.23. The van der Waals surface area contributed by atoms with Gasteiger partial charge in [-0.15, -0.1) is 5.10 Å². The molecule has 5 nitrogen and oxygen atoms in total. The fraction of sp³-hybridized carbons (Fsp3) is 0.167. The van der Waals surface area contributed by atoms with Crippen LogP contribution in [0.1, 0.15) is 11.7 Å². The average molecular weight is 231 g/mol. The maximum atomic E-state index is 9.61. The predicted octanol–water partition coefficient (Wildman–Crippen LogP) is 1.26. The van der Waals surface area contributed by atoms with E-state index in [4.69, 9.17) is 10.5 Å². The molecular formula is C12H13N3O2. The van der Waals surface area contributed by atoms with Gasteiger partial charge in [-0.3, -0.25) is 0 Å². The molecule has 1 aromatic heterocycles. The molecule has 3 N–H and O–H groups in total. The van der Waals surface area contributed by atoms with Gasteiger partial charge in [0.15, 0.2) is 0 Å². The summed E-state index contributed by atoms with van der Waals surface area (Å²) >= 11 is 0. The van der Waals surface area contributed by atoms with Crippen molar-refractivity contribution in [1.82, 2.24) is 10.2 Å². The standard InChI is InChI=1S/C12H13N3O2/c13-8-11(16)9-3-1-4-10(7-9)17-12-5-2-6-14-15-12/h1-7,11,16H,8,13H2. The lowest BCUT2D eigenvalue weighted by Gasteiger charge is -2.10. The van der Waals surface area contributed by atoms with Crippen LogP contribution in [0.25, 0.3) is 0 Å². The Hall–Kier alpha value is -1.98. The number of aliphatic hydroxyl groups is 1. The van der Waals surface area contributed by atoms with Crippen LogP contribution in [0.2, 0.25) is 0 Å². The number of benzene rings is 1. The van der Waals surface area contributed by atoms with Crippen LogP contribution >= 0.6 is 0 Å². The van der Waals surface area contributed by atoms with Gasteiger partial charge in [-0.1, -0.05) is 12.1 Å². The van der Waals surface area contributed by atoms with E-state index in [1.165, 1.54) is 0 Å². The third-order valence-electron chi connectivity index (χ3n) is 2.24. The van der Waals surface area contributed by atoms with Crippen LogP contribution in [0, 0.1) is 0 Å². The van der Waals surface area contributed by atoms with Gasteiger partial charge in [-0.05, 0) is 23.8 Å². The van der Waals surface area contributed by atoms with E-state index in [0.29, 0.717) is 17.2 Å². The Labute approximate surface area is 98.9 Å². The minimum Gasteiger partial charge on any atom is -0.438 e. The molecule has 0 aliphatic carbocycles. The summed E-state index contributed by atoms with van der Waals surface area (Å²) in [6.07, 6.45) is 0.891. The highest BCUT2D eigenvalue weighted by molar-refractivity contribution is 5.32. The van der Waals surface area contributed by atoms with E-state index in [9.17, 15) is 5.11 Å². The Morgan fingerprint density at radius 1 is 1.29 bits per heavy atom. The number of hydrogen-bond acceptors (Lipinski definition) is 5. The summed E-state index contributed by atoms with van der Waals surface area (Å²) in [7, 11) is 0. The first-order chi connectivity index (χ1) is 8.29. The van der Waals surface area contributed by atoms with Crippen LogP contribution in [0.5, 0.6) is 11.6 Å². The monoisotopic (exact) mass is 231 g/mol. The predicted molar refractivity (Wildman–Crippen MR) is 62.6 cm³/mol. The highest BCUT2D eigenvalue weighted by Crippen LogP contribution is 2.22. The molecule has 0 amide bonds. The van der Waals surface area contributed by atoms with E-state index in [0.717, 1.165) is 0 Å². The van der Waals surface area contributed by atoms with Crippen molar-refractivity contribution in [2.45, 2.75) is 6.10 Å². The van der Waals surface area contributed by atoms with Crippen molar-refractivity contribution in [2.75, 3.05) is 6.54 Å². The molecule has 0 fully saturated rings. The smallest absolute Gasteiger partial charge is 0.238 e. The molecule has 0 bridgehead atoms. The van der Waals surface area contributed by atoms with Gasteiger partial charge >= 0.3 is 0 Å². The number of nitrogens with zero attached hydrogens (tertiary/aromatic N) is 2. The van der Waals surface area contributed by atoms with E-state index in [1.54, 1.807) is 42.6 Å². The first-order valence-electron chi connectivity index (χ1n) is 5.23. The normalized spacial score (nSPS) is 12.1. The van der Waals surface area contributed by atoms with Gasteiger partial charge in [-0.25, -0.2) is 0 Å². The summed E-state index contributed by atoms with van der Waals surface area (Å²) in [5.41, 5.74) is 6.11. The zero-order chi connectivity index (χ0) is 12.1. The van der Waals surface area contributed by atoms with Gasteiger partial charge in [0.05, 0.1) is 6.10 Å². The van der Waals surface area contributed by atoms with E-state index in [-0.39, 0.29) is 6.54 Å². The second kappa shape index (κ2) is 5.38. The molecule has 1 unspecified atom stereocenters. The maximum absolute atomic E-state index is 9.61. The van der Waals surface area contributed by atoms with Gasteiger partial charge in [0, 0.05) is 18.8 Å². The van der Waals surface area contributed by atoms with Gasteiger partial charge < -0.3 is 15.6 Å². The van der Waals surface area contributed by atoms with Crippen LogP contribution in [0.15, 0.2) is 42.6 Å². The van der Waals surface area contributed by atoms with Crippen molar-refractivity contribution >= 4 is 0 Å². The van der Waals surface area contributed by atoms with Crippen molar-refractivity contribution in [2.24, 2.45) is 5.73 Å². The minimum absolute atomic E-state index is 0.175. The highest BCUT2D eigenvalue weighted by Gasteiger charge is 2.06. The van der Waals surface area contributed by atoms with Crippen LogP contribution in [0.3, 0.4) is 0 Å². The lowest BCUT2D eigenvalue weighted by Crippen LogP contribution is -2.11. The molecule has 17 heavy (non-hydrogen) atoms. The molecule has 2 rings (SSSR count). The largest absolute Gasteiger partial charge is 0.438 e. The number of aromatic nitrogens is 2. The molecule has 2 aromatic rings. The van der Waals surface area contributed by atoms with E-state index in [2.05, 4.69) is 10.2 Å². The quantitative estimate of drug-likeness (QED) is 0.827. The zero-order valence-corrected chi connectivity index (χ0v) is 9.15. The van der Waals surface area contributed by atoms with Crippen LogP contribution < -0.4 is 10.5 Å². The molecule has 88 valence electrons. The second-order valence-electron chi connectivity index (χ2n) is 3.49. The summed E-state index contributed by atoms with van der Waals surface area (Å²) in [5, 5.41) is 17.1. The van der Waals surface area contributed by atoms with Crippen molar-refractivity contribution in [3.63, 3.8) is 0 Å². The lowest BCUT2D eigenvalue weighted by atomic mass is 10.1. The van der Waals surface area contributed by atoms with Gasteiger partial charge in [0.2, 0.25) is 5.88 Å². The molecule has 0 aliphatic heterocycles. The fourth-order valence-corrected chi connectivity index (χ4v) is 1.38. The molecule has 0 spiro atoms. The molecule has 0 saturated heterocycles. The van der Waals surface area contributed by atoms with E-state index >= 15 is 0 Å². The fourth-order valence-electron chi connectivity index (χ4n) is 1.38. The van der Waals surface area contributed by atoms with Crippen molar-refractivity contribution in [3.8, 4) is 11.6 Å². The highest BCUT2D eigenvalue weighted by atomic mass is 16.5.